The number of phenolic OH excluding ortho intramolecular Hbond substituents is 1. The number of fused-ring (bicyclic) bond motifs is 1. The van der Waals surface area contributed by atoms with Crippen molar-refractivity contribution in [3.63, 3.8) is 0 Å². The summed E-state index contributed by atoms with van der Waals surface area (Å²) < 4.78 is 0. The summed E-state index contributed by atoms with van der Waals surface area (Å²) in [6.45, 7) is 4.08. The summed E-state index contributed by atoms with van der Waals surface area (Å²) in [5.74, 6) is 1.68. The Balaban J connectivity index is 1.58. The molecule has 0 amide bonds. The second kappa shape index (κ2) is 5.49. The van der Waals surface area contributed by atoms with Crippen LogP contribution in [0.3, 0.4) is 0 Å². The van der Waals surface area contributed by atoms with E-state index in [2.05, 4.69) is 9.88 Å². The number of aryl methyl sites for hydroxylation is 1. The fourth-order valence-electron chi connectivity index (χ4n) is 3.29. The normalized spacial score (nSPS) is 18.0. The summed E-state index contributed by atoms with van der Waals surface area (Å²) in [5, 5.41) is 10.2. The monoisotopic (exact) mass is 311 g/mol. The summed E-state index contributed by atoms with van der Waals surface area (Å²) in [4.78, 5) is 22.1. The first-order valence-corrected chi connectivity index (χ1v) is 8.23. The Morgan fingerprint density at radius 2 is 2.22 bits per heavy atom. The van der Waals surface area contributed by atoms with Gasteiger partial charge in [0.15, 0.2) is 0 Å². The molecule has 0 radical (unpaired) electrons. The number of phenols is 1. The number of hydrogen-bond acceptors (Lipinski definition) is 4. The molecular weight excluding hydrogens is 290 g/mol. The minimum Gasteiger partial charge on any atom is -0.507 e. The maximum atomic E-state index is 12.2. The van der Waals surface area contributed by atoms with Crippen molar-refractivity contribution in [2.24, 2.45) is 0 Å². The smallest absolute Gasteiger partial charge is 0.254 e. The van der Waals surface area contributed by atoms with Gasteiger partial charge in [-0.2, -0.15) is 0 Å². The number of rotatable bonds is 3. The first kappa shape index (κ1) is 14.5. The molecule has 5 heteroatoms. The van der Waals surface area contributed by atoms with Crippen LogP contribution in [0.15, 0.2) is 23.0 Å². The molecular formula is C18H21N3O2. The highest BCUT2D eigenvalue weighted by Crippen LogP contribution is 2.38. The molecule has 1 fully saturated rings. The highest BCUT2D eigenvalue weighted by atomic mass is 16.3. The van der Waals surface area contributed by atoms with Gasteiger partial charge in [-0.05, 0) is 31.7 Å². The highest BCUT2D eigenvalue weighted by Gasteiger charge is 2.29. The zero-order valence-electron chi connectivity index (χ0n) is 13.3. The molecule has 5 nitrogen and oxygen atoms in total. The summed E-state index contributed by atoms with van der Waals surface area (Å²) in [6.07, 6.45) is 2.97. The second-order valence-electron chi connectivity index (χ2n) is 6.69. The number of benzene rings is 1. The SMILES string of the molecule is Cc1cccc(CN2CCc3c(nc(C4CC4)[nH]c3=O)C2)c1O. The van der Waals surface area contributed by atoms with E-state index in [1.54, 1.807) is 0 Å². The molecule has 1 aromatic carbocycles. The van der Waals surface area contributed by atoms with E-state index in [1.165, 1.54) is 0 Å². The number of nitrogens with one attached hydrogen (secondary N) is 1. The standard InChI is InChI=1S/C18H21N3O2/c1-11-3-2-4-13(16(11)22)9-21-8-7-14-15(10-21)19-17(12-5-6-12)20-18(14)23/h2-4,12,22H,5-10H2,1H3,(H,19,20,23). The molecule has 0 saturated heterocycles. The van der Waals surface area contributed by atoms with Gasteiger partial charge in [0.2, 0.25) is 0 Å². The third-order valence-corrected chi connectivity index (χ3v) is 4.85. The topological polar surface area (TPSA) is 69.2 Å². The van der Waals surface area contributed by atoms with E-state index in [9.17, 15) is 9.90 Å². The molecule has 1 aliphatic carbocycles. The summed E-state index contributed by atoms with van der Waals surface area (Å²) in [7, 11) is 0. The lowest BCUT2D eigenvalue weighted by atomic mass is 10.0. The first-order valence-electron chi connectivity index (χ1n) is 8.23. The third kappa shape index (κ3) is 2.77. The molecule has 1 aliphatic heterocycles. The first-order chi connectivity index (χ1) is 11.1. The molecule has 0 bridgehead atoms. The predicted octanol–water partition coefficient (Wildman–Crippen LogP) is 2.22. The van der Waals surface area contributed by atoms with Crippen LogP contribution in [-0.2, 0) is 19.5 Å². The number of para-hydroxylation sites is 1. The molecule has 2 aromatic rings. The lowest BCUT2D eigenvalue weighted by molar-refractivity contribution is 0.237. The van der Waals surface area contributed by atoms with Crippen LogP contribution in [0.4, 0.5) is 0 Å². The minimum absolute atomic E-state index is 0.0370. The van der Waals surface area contributed by atoms with E-state index in [4.69, 9.17) is 4.98 Å². The van der Waals surface area contributed by atoms with Crippen LogP contribution >= 0.6 is 0 Å². The molecule has 2 aliphatic rings. The summed E-state index contributed by atoms with van der Waals surface area (Å²) in [5.41, 5.74) is 3.61. The summed E-state index contributed by atoms with van der Waals surface area (Å²) >= 11 is 0. The van der Waals surface area contributed by atoms with Crippen LogP contribution in [0.5, 0.6) is 5.75 Å². The fraction of sp³-hybridized carbons (Fsp3) is 0.444. The van der Waals surface area contributed by atoms with Crippen molar-refractivity contribution in [3.05, 3.63) is 56.8 Å². The van der Waals surface area contributed by atoms with Gasteiger partial charge in [0.05, 0.1) is 5.69 Å². The number of hydrogen-bond donors (Lipinski definition) is 2. The van der Waals surface area contributed by atoms with Gasteiger partial charge < -0.3 is 10.1 Å². The van der Waals surface area contributed by atoms with Crippen molar-refractivity contribution in [2.75, 3.05) is 6.54 Å². The van der Waals surface area contributed by atoms with Crippen LogP contribution in [0.2, 0.25) is 0 Å². The molecule has 23 heavy (non-hydrogen) atoms. The highest BCUT2D eigenvalue weighted by molar-refractivity contribution is 5.39. The fourth-order valence-corrected chi connectivity index (χ4v) is 3.29. The molecule has 1 saturated carbocycles. The quantitative estimate of drug-likeness (QED) is 0.912. The average molecular weight is 311 g/mol. The van der Waals surface area contributed by atoms with Crippen LogP contribution in [0.25, 0.3) is 0 Å². The van der Waals surface area contributed by atoms with Crippen molar-refractivity contribution in [1.82, 2.24) is 14.9 Å². The Kier molecular flexibility index (Phi) is 3.45. The van der Waals surface area contributed by atoms with E-state index in [0.717, 1.165) is 54.0 Å². The molecule has 2 heterocycles. The van der Waals surface area contributed by atoms with Crippen molar-refractivity contribution in [1.29, 1.82) is 0 Å². The lowest BCUT2D eigenvalue weighted by Gasteiger charge is -2.28. The van der Waals surface area contributed by atoms with E-state index in [1.807, 2.05) is 25.1 Å². The van der Waals surface area contributed by atoms with Gasteiger partial charge >= 0.3 is 0 Å². The Morgan fingerprint density at radius 1 is 1.39 bits per heavy atom. The average Bonchev–Trinajstić information content (AvgIpc) is 3.36. The molecule has 0 unspecified atom stereocenters. The van der Waals surface area contributed by atoms with Gasteiger partial charge in [-0.3, -0.25) is 9.69 Å². The summed E-state index contributed by atoms with van der Waals surface area (Å²) in [6, 6.07) is 5.84. The molecule has 4 rings (SSSR count). The van der Waals surface area contributed by atoms with E-state index < -0.39 is 0 Å². The van der Waals surface area contributed by atoms with Crippen molar-refractivity contribution in [3.8, 4) is 5.75 Å². The predicted molar refractivity (Wildman–Crippen MR) is 87.5 cm³/mol. The number of H-pyrrole nitrogens is 1. The number of aromatic nitrogens is 2. The van der Waals surface area contributed by atoms with E-state index in [-0.39, 0.29) is 5.56 Å². The van der Waals surface area contributed by atoms with E-state index >= 15 is 0 Å². The third-order valence-electron chi connectivity index (χ3n) is 4.85. The largest absolute Gasteiger partial charge is 0.507 e. The van der Waals surface area contributed by atoms with Crippen molar-refractivity contribution >= 4 is 0 Å². The van der Waals surface area contributed by atoms with Crippen LogP contribution in [-0.4, -0.2) is 26.5 Å². The van der Waals surface area contributed by atoms with Gasteiger partial charge in [0.25, 0.3) is 5.56 Å². The Labute approximate surface area is 135 Å². The Bertz CT molecular complexity index is 808. The van der Waals surface area contributed by atoms with Crippen LogP contribution < -0.4 is 5.56 Å². The second-order valence-corrected chi connectivity index (χ2v) is 6.69. The zero-order valence-corrected chi connectivity index (χ0v) is 13.3. The molecule has 0 atom stereocenters. The maximum Gasteiger partial charge on any atom is 0.254 e. The number of aromatic hydroxyl groups is 1. The molecule has 120 valence electrons. The molecule has 0 spiro atoms. The van der Waals surface area contributed by atoms with Crippen molar-refractivity contribution < 1.29 is 5.11 Å². The molecule has 1 aromatic heterocycles. The van der Waals surface area contributed by atoms with Gasteiger partial charge in [-0.1, -0.05) is 18.2 Å². The maximum absolute atomic E-state index is 12.2. The lowest BCUT2D eigenvalue weighted by Crippen LogP contribution is -2.35. The number of aromatic amines is 1. The molecule has 2 N–H and O–H groups in total. The number of nitrogens with zero attached hydrogens (tertiary/aromatic N) is 2. The van der Waals surface area contributed by atoms with Gasteiger partial charge in [0.1, 0.15) is 11.6 Å². The minimum atomic E-state index is 0.0370. The van der Waals surface area contributed by atoms with Crippen LogP contribution in [0, 0.1) is 6.92 Å². The van der Waals surface area contributed by atoms with Crippen LogP contribution in [0.1, 0.15) is 47.0 Å². The van der Waals surface area contributed by atoms with Gasteiger partial charge in [-0.25, -0.2) is 4.98 Å². The zero-order chi connectivity index (χ0) is 16.0. The Morgan fingerprint density at radius 3 is 3.00 bits per heavy atom. The van der Waals surface area contributed by atoms with E-state index in [0.29, 0.717) is 24.8 Å². The van der Waals surface area contributed by atoms with Gasteiger partial charge in [0, 0.05) is 36.7 Å². The van der Waals surface area contributed by atoms with Crippen molar-refractivity contribution in [2.45, 2.75) is 45.2 Å². The van der Waals surface area contributed by atoms with Gasteiger partial charge in [-0.15, -0.1) is 0 Å². The Hall–Kier alpha value is -2.14.